The number of benzene rings is 1. The maximum Gasteiger partial charge on any atom is 0.272 e. The summed E-state index contributed by atoms with van der Waals surface area (Å²) in [4.78, 5) is 31.8. The van der Waals surface area contributed by atoms with Gasteiger partial charge in [-0.05, 0) is 30.5 Å². The van der Waals surface area contributed by atoms with Gasteiger partial charge in [0.15, 0.2) is 0 Å². The fraction of sp³-hybridized carbons (Fsp3) is 0.381. The van der Waals surface area contributed by atoms with Crippen LogP contribution in [0.15, 0.2) is 48.7 Å². The Morgan fingerprint density at radius 1 is 1.04 bits per heavy atom. The van der Waals surface area contributed by atoms with E-state index in [9.17, 15) is 9.59 Å². The molecule has 3 rings (SSSR count). The SMILES string of the molecule is CC(=O)N1CCN(C(=O)c2cc(NCCCc3ccccc3)ccn2)CC1. The Labute approximate surface area is 160 Å². The van der Waals surface area contributed by atoms with E-state index in [4.69, 9.17) is 0 Å². The van der Waals surface area contributed by atoms with Crippen molar-refractivity contribution in [2.75, 3.05) is 38.0 Å². The Hall–Kier alpha value is -2.89. The van der Waals surface area contributed by atoms with Crippen molar-refractivity contribution in [2.24, 2.45) is 0 Å². The molecule has 0 radical (unpaired) electrons. The first-order valence-electron chi connectivity index (χ1n) is 9.42. The third kappa shape index (κ3) is 5.29. The number of carbonyl (C=O) groups is 2. The Morgan fingerprint density at radius 2 is 1.74 bits per heavy atom. The number of aromatic nitrogens is 1. The molecule has 1 aliphatic rings. The van der Waals surface area contributed by atoms with Gasteiger partial charge in [0, 0.05) is 51.5 Å². The van der Waals surface area contributed by atoms with Crippen LogP contribution in [0.3, 0.4) is 0 Å². The number of rotatable bonds is 6. The summed E-state index contributed by atoms with van der Waals surface area (Å²) in [5.41, 5.74) is 2.68. The molecule has 0 saturated carbocycles. The number of anilines is 1. The monoisotopic (exact) mass is 366 g/mol. The minimum absolute atomic E-state index is 0.0573. The van der Waals surface area contributed by atoms with Crippen LogP contribution in [0.25, 0.3) is 0 Å². The number of nitrogens with zero attached hydrogens (tertiary/aromatic N) is 3. The maximum atomic E-state index is 12.7. The van der Waals surface area contributed by atoms with Gasteiger partial charge in [-0.1, -0.05) is 30.3 Å². The van der Waals surface area contributed by atoms with Gasteiger partial charge in [0.1, 0.15) is 5.69 Å². The second kappa shape index (κ2) is 9.16. The Bertz CT molecular complexity index is 771. The maximum absolute atomic E-state index is 12.7. The van der Waals surface area contributed by atoms with Crippen LogP contribution in [-0.2, 0) is 11.2 Å². The van der Waals surface area contributed by atoms with E-state index in [1.165, 1.54) is 5.56 Å². The fourth-order valence-corrected chi connectivity index (χ4v) is 3.21. The van der Waals surface area contributed by atoms with Crippen LogP contribution in [0, 0.1) is 0 Å². The van der Waals surface area contributed by atoms with E-state index in [0.29, 0.717) is 31.9 Å². The number of hydrogen-bond acceptors (Lipinski definition) is 4. The van der Waals surface area contributed by atoms with Gasteiger partial charge in [-0.15, -0.1) is 0 Å². The molecule has 2 amide bonds. The van der Waals surface area contributed by atoms with Crippen molar-refractivity contribution >= 4 is 17.5 Å². The van der Waals surface area contributed by atoms with Crippen LogP contribution in [0.2, 0.25) is 0 Å². The molecule has 0 aliphatic carbocycles. The summed E-state index contributed by atoms with van der Waals surface area (Å²) < 4.78 is 0. The second-order valence-corrected chi connectivity index (χ2v) is 6.74. The summed E-state index contributed by atoms with van der Waals surface area (Å²) in [5.74, 6) is -0.0203. The molecule has 2 heterocycles. The number of amides is 2. The lowest BCUT2D eigenvalue weighted by Gasteiger charge is -2.34. The van der Waals surface area contributed by atoms with E-state index in [1.807, 2.05) is 18.2 Å². The first-order valence-corrected chi connectivity index (χ1v) is 9.42. The lowest BCUT2D eigenvalue weighted by Crippen LogP contribution is -2.50. The molecule has 0 bridgehead atoms. The van der Waals surface area contributed by atoms with Crippen molar-refractivity contribution in [1.82, 2.24) is 14.8 Å². The minimum Gasteiger partial charge on any atom is -0.385 e. The van der Waals surface area contributed by atoms with Crippen molar-refractivity contribution in [2.45, 2.75) is 19.8 Å². The predicted octanol–water partition coefficient (Wildman–Crippen LogP) is 2.43. The predicted molar refractivity (Wildman–Crippen MR) is 106 cm³/mol. The average molecular weight is 366 g/mol. The molecule has 2 aromatic rings. The van der Waals surface area contributed by atoms with Crippen LogP contribution >= 0.6 is 0 Å². The standard InChI is InChI=1S/C21H26N4O2/c1-17(26)24-12-14-25(15-13-24)21(27)20-16-19(9-11-23-20)22-10-5-8-18-6-3-2-4-7-18/h2-4,6-7,9,11,16H,5,8,10,12-15H2,1H3,(H,22,23). The molecule has 1 aromatic carbocycles. The van der Waals surface area contributed by atoms with Gasteiger partial charge in [-0.2, -0.15) is 0 Å². The number of pyridine rings is 1. The lowest BCUT2D eigenvalue weighted by molar-refractivity contribution is -0.130. The van der Waals surface area contributed by atoms with E-state index in [-0.39, 0.29) is 11.8 Å². The highest BCUT2D eigenvalue weighted by Crippen LogP contribution is 2.13. The zero-order valence-corrected chi connectivity index (χ0v) is 15.7. The zero-order valence-electron chi connectivity index (χ0n) is 15.7. The molecule has 1 aliphatic heterocycles. The summed E-state index contributed by atoms with van der Waals surface area (Å²) in [7, 11) is 0. The van der Waals surface area contributed by atoms with Crippen molar-refractivity contribution in [3.8, 4) is 0 Å². The van der Waals surface area contributed by atoms with Crippen molar-refractivity contribution in [1.29, 1.82) is 0 Å². The summed E-state index contributed by atoms with van der Waals surface area (Å²) in [6.45, 7) is 4.66. The van der Waals surface area contributed by atoms with E-state index in [0.717, 1.165) is 25.1 Å². The van der Waals surface area contributed by atoms with E-state index in [2.05, 4.69) is 34.6 Å². The molecular formula is C21H26N4O2. The molecule has 0 unspecified atom stereocenters. The van der Waals surface area contributed by atoms with Gasteiger partial charge < -0.3 is 15.1 Å². The molecule has 6 nitrogen and oxygen atoms in total. The number of aryl methyl sites for hydroxylation is 1. The topological polar surface area (TPSA) is 65.5 Å². The number of hydrogen-bond donors (Lipinski definition) is 1. The summed E-state index contributed by atoms with van der Waals surface area (Å²) >= 11 is 0. The highest BCUT2D eigenvalue weighted by Gasteiger charge is 2.24. The highest BCUT2D eigenvalue weighted by molar-refractivity contribution is 5.93. The average Bonchev–Trinajstić information content (AvgIpc) is 2.72. The third-order valence-electron chi connectivity index (χ3n) is 4.81. The summed E-state index contributed by atoms with van der Waals surface area (Å²) in [6, 6.07) is 14.1. The van der Waals surface area contributed by atoms with Crippen LogP contribution in [0.1, 0.15) is 29.4 Å². The fourth-order valence-electron chi connectivity index (χ4n) is 3.21. The molecule has 6 heteroatoms. The molecule has 1 saturated heterocycles. The summed E-state index contributed by atoms with van der Waals surface area (Å²) in [5, 5.41) is 3.37. The normalized spacial score (nSPS) is 14.1. The van der Waals surface area contributed by atoms with Crippen molar-refractivity contribution in [3.05, 3.63) is 59.9 Å². The van der Waals surface area contributed by atoms with Crippen molar-refractivity contribution in [3.63, 3.8) is 0 Å². The minimum atomic E-state index is -0.0777. The molecular weight excluding hydrogens is 340 g/mol. The lowest BCUT2D eigenvalue weighted by atomic mass is 10.1. The highest BCUT2D eigenvalue weighted by atomic mass is 16.2. The second-order valence-electron chi connectivity index (χ2n) is 6.74. The molecule has 0 atom stereocenters. The first-order chi connectivity index (χ1) is 13.1. The van der Waals surface area contributed by atoms with Crippen LogP contribution in [-0.4, -0.2) is 59.3 Å². The number of carbonyl (C=O) groups excluding carboxylic acids is 2. The number of nitrogens with one attached hydrogen (secondary N) is 1. The van der Waals surface area contributed by atoms with Gasteiger partial charge in [0.05, 0.1) is 0 Å². The van der Waals surface area contributed by atoms with Crippen LogP contribution in [0.4, 0.5) is 5.69 Å². The quantitative estimate of drug-likeness (QED) is 0.798. The van der Waals surface area contributed by atoms with E-state index >= 15 is 0 Å². The molecule has 1 N–H and O–H groups in total. The molecule has 0 spiro atoms. The van der Waals surface area contributed by atoms with Gasteiger partial charge in [0.2, 0.25) is 5.91 Å². The Kier molecular flexibility index (Phi) is 6.41. The molecule has 1 aromatic heterocycles. The molecule has 27 heavy (non-hydrogen) atoms. The Morgan fingerprint density at radius 3 is 2.44 bits per heavy atom. The molecule has 142 valence electrons. The third-order valence-corrected chi connectivity index (χ3v) is 4.81. The van der Waals surface area contributed by atoms with E-state index in [1.54, 1.807) is 22.9 Å². The van der Waals surface area contributed by atoms with Crippen LogP contribution in [0.5, 0.6) is 0 Å². The number of piperazine rings is 1. The summed E-state index contributed by atoms with van der Waals surface area (Å²) in [6.07, 6.45) is 3.70. The first kappa shape index (κ1) is 18.9. The van der Waals surface area contributed by atoms with Gasteiger partial charge in [-0.3, -0.25) is 14.6 Å². The zero-order chi connectivity index (χ0) is 19.1. The van der Waals surface area contributed by atoms with E-state index < -0.39 is 0 Å². The molecule has 1 fully saturated rings. The Balaban J connectivity index is 1.49. The smallest absolute Gasteiger partial charge is 0.272 e. The largest absolute Gasteiger partial charge is 0.385 e. The van der Waals surface area contributed by atoms with Crippen molar-refractivity contribution < 1.29 is 9.59 Å². The van der Waals surface area contributed by atoms with Gasteiger partial charge >= 0.3 is 0 Å². The van der Waals surface area contributed by atoms with Gasteiger partial charge in [-0.25, -0.2) is 0 Å². The van der Waals surface area contributed by atoms with Crippen LogP contribution < -0.4 is 5.32 Å². The van der Waals surface area contributed by atoms with Gasteiger partial charge in [0.25, 0.3) is 5.91 Å².